The average Bonchev–Trinajstić information content (AvgIpc) is 3.10. The molecule has 6 heteroatoms. The topological polar surface area (TPSA) is 66.0 Å². The van der Waals surface area contributed by atoms with Crippen LogP contribution in [0.3, 0.4) is 0 Å². The number of nitrogens with one attached hydrogen (secondary N) is 1. The van der Waals surface area contributed by atoms with E-state index in [1.165, 1.54) is 0 Å². The minimum Gasteiger partial charge on any atom is -0.497 e. The molecule has 1 amide bonds. The molecule has 2 aromatic carbocycles. The Hall–Kier alpha value is -2.89. The van der Waals surface area contributed by atoms with Gasteiger partial charge in [0.2, 0.25) is 6.79 Å². The largest absolute Gasteiger partial charge is 0.497 e. The molecule has 1 atom stereocenters. The molecular formula is C19H21NO5. The van der Waals surface area contributed by atoms with Crippen molar-refractivity contribution in [1.29, 1.82) is 0 Å². The van der Waals surface area contributed by atoms with Gasteiger partial charge >= 0.3 is 0 Å². The van der Waals surface area contributed by atoms with Crippen molar-refractivity contribution >= 4 is 5.91 Å². The van der Waals surface area contributed by atoms with E-state index in [0.29, 0.717) is 23.8 Å². The Labute approximate surface area is 146 Å². The molecule has 1 heterocycles. The number of benzene rings is 2. The number of fused-ring (bicyclic) bond motifs is 1. The maximum atomic E-state index is 12.2. The minimum atomic E-state index is -0.601. The molecule has 25 heavy (non-hydrogen) atoms. The van der Waals surface area contributed by atoms with Gasteiger partial charge in [-0.25, -0.2) is 0 Å². The zero-order chi connectivity index (χ0) is 17.6. The maximum absolute atomic E-state index is 12.2. The normalized spacial score (nSPS) is 13.2. The van der Waals surface area contributed by atoms with Crippen molar-refractivity contribution in [1.82, 2.24) is 5.32 Å². The summed E-state index contributed by atoms with van der Waals surface area (Å²) in [6.45, 7) is 2.47. The summed E-state index contributed by atoms with van der Waals surface area (Å²) < 4.78 is 21.3. The molecule has 0 saturated heterocycles. The van der Waals surface area contributed by atoms with Crippen LogP contribution in [0.1, 0.15) is 12.5 Å². The second kappa shape index (κ2) is 7.79. The van der Waals surface area contributed by atoms with Crippen molar-refractivity contribution in [3.05, 3.63) is 48.0 Å². The summed E-state index contributed by atoms with van der Waals surface area (Å²) in [4.78, 5) is 12.2. The quantitative estimate of drug-likeness (QED) is 0.837. The molecule has 3 rings (SSSR count). The predicted molar refractivity (Wildman–Crippen MR) is 92.4 cm³/mol. The highest BCUT2D eigenvalue weighted by molar-refractivity contribution is 5.80. The van der Waals surface area contributed by atoms with E-state index in [4.69, 9.17) is 18.9 Å². The second-order valence-electron chi connectivity index (χ2n) is 5.66. The number of hydrogen-bond donors (Lipinski definition) is 1. The smallest absolute Gasteiger partial charge is 0.260 e. The van der Waals surface area contributed by atoms with Gasteiger partial charge in [-0.3, -0.25) is 4.79 Å². The maximum Gasteiger partial charge on any atom is 0.260 e. The molecule has 6 nitrogen and oxygen atoms in total. The van der Waals surface area contributed by atoms with E-state index in [1.807, 2.05) is 24.3 Å². The Kier molecular flexibility index (Phi) is 5.28. The fourth-order valence-corrected chi connectivity index (χ4v) is 2.47. The molecule has 0 saturated carbocycles. The van der Waals surface area contributed by atoms with Crippen LogP contribution in [-0.2, 0) is 11.2 Å². The molecule has 0 aliphatic carbocycles. The summed E-state index contributed by atoms with van der Waals surface area (Å²) in [5, 5.41) is 2.88. The minimum absolute atomic E-state index is 0.161. The van der Waals surface area contributed by atoms with Crippen LogP contribution in [0.5, 0.6) is 23.0 Å². The van der Waals surface area contributed by atoms with Crippen LogP contribution in [0.25, 0.3) is 0 Å². The van der Waals surface area contributed by atoms with Gasteiger partial charge in [-0.05, 0) is 43.2 Å². The first kappa shape index (κ1) is 17.0. The highest BCUT2D eigenvalue weighted by Gasteiger charge is 2.17. The Morgan fingerprint density at radius 2 is 1.84 bits per heavy atom. The van der Waals surface area contributed by atoms with Gasteiger partial charge in [0.25, 0.3) is 5.91 Å². The van der Waals surface area contributed by atoms with Crippen molar-refractivity contribution < 1.29 is 23.7 Å². The van der Waals surface area contributed by atoms with Crippen LogP contribution in [0.2, 0.25) is 0 Å². The third kappa shape index (κ3) is 4.35. The standard InChI is InChI=1S/C19H21NO5/c1-13(25-16-7-8-17-18(11-16)24-12-23-17)19(21)20-10-9-14-3-5-15(22-2)6-4-14/h3-8,11,13H,9-10,12H2,1-2H3,(H,20,21). The molecule has 1 N–H and O–H groups in total. The molecule has 1 aliphatic rings. The molecule has 0 aromatic heterocycles. The summed E-state index contributed by atoms with van der Waals surface area (Å²) in [6, 6.07) is 13.0. The Morgan fingerprint density at radius 3 is 2.60 bits per heavy atom. The lowest BCUT2D eigenvalue weighted by Crippen LogP contribution is -2.37. The fraction of sp³-hybridized carbons (Fsp3) is 0.316. The predicted octanol–water partition coefficient (Wildman–Crippen LogP) is 2.55. The number of amides is 1. The number of carbonyl (C=O) groups excluding carboxylic acids is 1. The van der Waals surface area contributed by atoms with Crippen LogP contribution >= 0.6 is 0 Å². The Morgan fingerprint density at radius 1 is 1.12 bits per heavy atom. The molecule has 132 valence electrons. The molecular weight excluding hydrogens is 322 g/mol. The molecule has 0 bridgehead atoms. The second-order valence-corrected chi connectivity index (χ2v) is 5.66. The number of hydrogen-bond acceptors (Lipinski definition) is 5. The summed E-state index contributed by atoms with van der Waals surface area (Å²) in [6.07, 6.45) is 0.142. The van der Waals surface area contributed by atoms with E-state index >= 15 is 0 Å². The van der Waals surface area contributed by atoms with Gasteiger partial charge < -0.3 is 24.3 Å². The van der Waals surface area contributed by atoms with Gasteiger partial charge in [-0.1, -0.05) is 12.1 Å². The average molecular weight is 343 g/mol. The van der Waals surface area contributed by atoms with E-state index < -0.39 is 6.10 Å². The first-order chi connectivity index (χ1) is 12.2. The van der Waals surface area contributed by atoms with Crippen LogP contribution in [0.15, 0.2) is 42.5 Å². The lowest BCUT2D eigenvalue weighted by atomic mass is 10.1. The van der Waals surface area contributed by atoms with E-state index in [1.54, 1.807) is 32.2 Å². The van der Waals surface area contributed by atoms with Crippen molar-refractivity contribution in [3.8, 4) is 23.0 Å². The summed E-state index contributed by atoms with van der Waals surface area (Å²) in [5.41, 5.74) is 1.13. The van der Waals surface area contributed by atoms with Gasteiger partial charge in [0.05, 0.1) is 7.11 Å². The zero-order valence-electron chi connectivity index (χ0n) is 14.3. The summed E-state index contributed by atoms with van der Waals surface area (Å²) in [7, 11) is 1.64. The summed E-state index contributed by atoms with van der Waals surface area (Å²) >= 11 is 0. The van der Waals surface area contributed by atoms with Crippen LogP contribution in [0, 0.1) is 0 Å². The first-order valence-corrected chi connectivity index (χ1v) is 8.12. The van der Waals surface area contributed by atoms with Gasteiger partial charge in [0.15, 0.2) is 17.6 Å². The SMILES string of the molecule is COc1ccc(CCNC(=O)C(C)Oc2ccc3c(c2)OCO3)cc1. The third-order valence-electron chi connectivity index (χ3n) is 3.90. The van der Waals surface area contributed by atoms with Gasteiger partial charge in [0, 0.05) is 12.6 Å². The molecule has 0 radical (unpaired) electrons. The highest BCUT2D eigenvalue weighted by atomic mass is 16.7. The fourth-order valence-electron chi connectivity index (χ4n) is 2.47. The van der Waals surface area contributed by atoms with Crippen LogP contribution < -0.4 is 24.3 Å². The lowest BCUT2D eigenvalue weighted by Gasteiger charge is -2.15. The Bertz CT molecular complexity index is 729. The van der Waals surface area contributed by atoms with Crippen molar-refractivity contribution in [2.24, 2.45) is 0 Å². The molecule has 0 fully saturated rings. The summed E-state index contributed by atoms with van der Waals surface area (Å²) in [5.74, 6) is 2.54. The van der Waals surface area contributed by atoms with E-state index in [-0.39, 0.29) is 12.7 Å². The van der Waals surface area contributed by atoms with E-state index in [9.17, 15) is 4.79 Å². The van der Waals surface area contributed by atoms with Gasteiger partial charge in [-0.15, -0.1) is 0 Å². The number of ether oxygens (including phenoxy) is 4. The highest BCUT2D eigenvalue weighted by Crippen LogP contribution is 2.35. The first-order valence-electron chi connectivity index (χ1n) is 8.12. The molecule has 1 unspecified atom stereocenters. The lowest BCUT2D eigenvalue weighted by molar-refractivity contribution is -0.127. The van der Waals surface area contributed by atoms with Crippen molar-refractivity contribution in [2.45, 2.75) is 19.4 Å². The van der Waals surface area contributed by atoms with Gasteiger partial charge in [-0.2, -0.15) is 0 Å². The van der Waals surface area contributed by atoms with Crippen LogP contribution in [0.4, 0.5) is 0 Å². The van der Waals surface area contributed by atoms with Crippen LogP contribution in [-0.4, -0.2) is 32.5 Å². The van der Waals surface area contributed by atoms with E-state index in [2.05, 4.69) is 5.32 Å². The van der Waals surface area contributed by atoms with Crippen molar-refractivity contribution in [2.75, 3.05) is 20.4 Å². The number of rotatable bonds is 7. The third-order valence-corrected chi connectivity index (χ3v) is 3.90. The zero-order valence-corrected chi connectivity index (χ0v) is 14.3. The molecule has 0 spiro atoms. The number of methoxy groups -OCH3 is 1. The monoisotopic (exact) mass is 343 g/mol. The van der Waals surface area contributed by atoms with Crippen molar-refractivity contribution in [3.63, 3.8) is 0 Å². The number of carbonyl (C=O) groups is 1. The Balaban J connectivity index is 1.45. The molecule has 1 aliphatic heterocycles. The molecule has 2 aromatic rings. The van der Waals surface area contributed by atoms with E-state index in [0.717, 1.165) is 17.7 Å². The van der Waals surface area contributed by atoms with Gasteiger partial charge in [0.1, 0.15) is 11.5 Å².